The van der Waals surface area contributed by atoms with Crippen molar-refractivity contribution in [2.45, 2.75) is 331 Å². The van der Waals surface area contributed by atoms with Crippen molar-refractivity contribution >= 4 is 5.91 Å². The summed E-state index contributed by atoms with van der Waals surface area (Å²) >= 11 is 0. The predicted molar refractivity (Wildman–Crippen MR) is 350 cm³/mol. The van der Waals surface area contributed by atoms with Gasteiger partial charge in [0.2, 0.25) is 5.91 Å². The number of nitrogens with one attached hydrogen (secondary N) is 1. The van der Waals surface area contributed by atoms with E-state index < -0.39 is 86.8 Å². The summed E-state index contributed by atoms with van der Waals surface area (Å²) in [7, 11) is 0. The van der Waals surface area contributed by atoms with Crippen LogP contribution in [0.3, 0.4) is 0 Å². The second-order valence-electron chi connectivity index (χ2n) is 23.9. The second kappa shape index (κ2) is 55.9. The number of unbranched alkanes of at least 4 members (excludes halogenated alkanes) is 28. The van der Waals surface area contributed by atoms with Crippen LogP contribution < -0.4 is 5.32 Å². The fraction of sp³-hybridized carbons (Fsp3) is 0.764. The van der Waals surface area contributed by atoms with Crippen LogP contribution in [0.5, 0.6) is 0 Å². The molecule has 0 bridgehead atoms. The summed E-state index contributed by atoms with van der Waals surface area (Å²) in [5, 5.41) is 87.4. The molecular formula is C72H125NO13. The third-order valence-electron chi connectivity index (χ3n) is 16.2. The van der Waals surface area contributed by atoms with Gasteiger partial charge < -0.3 is 65.1 Å². The summed E-state index contributed by atoms with van der Waals surface area (Å²) < 4.78 is 22.8. The molecule has 496 valence electrons. The van der Waals surface area contributed by atoms with Crippen LogP contribution in [0.4, 0.5) is 0 Å². The van der Waals surface area contributed by atoms with Gasteiger partial charge in [0, 0.05) is 6.42 Å². The number of hydrogen-bond acceptors (Lipinski definition) is 13. The number of rotatable bonds is 55. The normalized spacial score (nSPS) is 24.0. The lowest BCUT2D eigenvalue weighted by Gasteiger charge is -2.46. The number of carbonyl (C=O) groups excluding carboxylic acids is 1. The SMILES string of the molecule is CC/C=C\C/C=C\C/C=C\C/C=C\C/C=C\CCCCCCCCCCCC(=O)NC(COC1OC(CO)C(OC2OC(CO)C(O)C(O)C2O)C(O)C1O)C(O)/C=C/CC/C=C/CC/C=C/CCCCCCCCCCCCCCCCCCC. The number of carbonyl (C=O) groups is 1. The molecule has 12 unspecified atom stereocenters. The molecule has 2 fully saturated rings. The first-order valence-corrected chi connectivity index (χ1v) is 34.5. The third kappa shape index (κ3) is 39.8. The lowest BCUT2D eigenvalue weighted by molar-refractivity contribution is -0.359. The Labute approximate surface area is 522 Å². The zero-order valence-corrected chi connectivity index (χ0v) is 53.8. The van der Waals surface area contributed by atoms with E-state index in [1.54, 1.807) is 6.08 Å². The highest BCUT2D eigenvalue weighted by Gasteiger charge is 2.51. The molecule has 14 nitrogen and oxygen atoms in total. The minimum atomic E-state index is -1.80. The molecule has 9 N–H and O–H groups in total. The molecular weight excluding hydrogens is 1090 g/mol. The van der Waals surface area contributed by atoms with Gasteiger partial charge in [-0.25, -0.2) is 0 Å². The monoisotopic (exact) mass is 1210 g/mol. The molecule has 0 spiro atoms. The Hall–Kier alpha value is -3.09. The first kappa shape index (κ1) is 79.0. The Morgan fingerprint density at radius 3 is 1.28 bits per heavy atom. The fourth-order valence-corrected chi connectivity index (χ4v) is 10.8. The van der Waals surface area contributed by atoms with E-state index in [4.69, 9.17) is 18.9 Å². The highest BCUT2D eigenvalue weighted by Crippen LogP contribution is 2.30. The van der Waals surface area contributed by atoms with Gasteiger partial charge >= 0.3 is 0 Å². The molecule has 2 aliphatic heterocycles. The standard InChI is InChI=1S/C72H125NO13/c1-3-5-7-9-11-13-15-17-19-21-23-25-27-29-30-32-33-35-37-39-41-43-45-47-49-51-53-55-61(76)60(59-83-71-69(82)67(80)70(63(58-75)85-71)86-72-68(81)66(79)65(78)62(57-74)84-72)73-64(77)56-54-52-50-48-46-44-42-40-38-36-34-31-28-26-24-22-20-18-16-14-12-10-8-6-4-2/h6,8,12,14,18,20,24,26,31,34,37,39,45,47,53,55,60-63,65-72,74-76,78-82H,3-5,7,9-11,13,15-17,19,21-23,25,27-30,32-33,35-36,38,40-44,46,48-52,54,56-59H2,1-2H3,(H,73,77)/b8-6-,14-12-,20-18-,26-24-,34-31-,39-37+,47-45+,55-53+. The molecule has 86 heavy (non-hydrogen) atoms. The lowest BCUT2D eigenvalue weighted by Crippen LogP contribution is -2.65. The van der Waals surface area contributed by atoms with E-state index in [1.165, 1.54) is 141 Å². The Morgan fingerprint density at radius 1 is 0.430 bits per heavy atom. The molecule has 0 aliphatic carbocycles. The van der Waals surface area contributed by atoms with Crippen LogP contribution >= 0.6 is 0 Å². The molecule has 0 aromatic carbocycles. The maximum atomic E-state index is 13.3. The summed E-state index contributed by atoms with van der Waals surface area (Å²) in [6.07, 6.45) is 61.7. The largest absolute Gasteiger partial charge is 0.394 e. The lowest BCUT2D eigenvalue weighted by atomic mass is 9.97. The highest BCUT2D eigenvalue weighted by molar-refractivity contribution is 5.76. The van der Waals surface area contributed by atoms with Crippen molar-refractivity contribution in [3.63, 3.8) is 0 Å². The maximum Gasteiger partial charge on any atom is 0.220 e. The van der Waals surface area contributed by atoms with Crippen LogP contribution in [0.1, 0.15) is 258 Å². The summed E-state index contributed by atoms with van der Waals surface area (Å²) in [5.74, 6) is -0.262. The van der Waals surface area contributed by atoms with E-state index in [0.29, 0.717) is 12.8 Å². The van der Waals surface area contributed by atoms with Gasteiger partial charge in [-0.3, -0.25) is 4.79 Å². The first-order valence-electron chi connectivity index (χ1n) is 34.5. The molecule has 0 aromatic heterocycles. The topological polar surface area (TPSA) is 228 Å². The second-order valence-corrected chi connectivity index (χ2v) is 23.9. The molecule has 0 saturated carbocycles. The Balaban J connectivity index is 1.73. The molecule has 0 aromatic rings. The number of aliphatic hydroxyl groups is 8. The molecule has 14 heteroatoms. The highest BCUT2D eigenvalue weighted by atomic mass is 16.7. The van der Waals surface area contributed by atoms with E-state index in [0.717, 1.165) is 83.5 Å². The average Bonchev–Trinajstić information content (AvgIpc) is 2.54. The van der Waals surface area contributed by atoms with Gasteiger partial charge in [0.1, 0.15) is 48.8 Å². The van der Waals surface area contributed by atoms with Crippen LogP contribution in [0.15, 0.2) is 97.2 Å². The number of allylic oxidation sites excluding steroid dienone is 15. The van der Waals surface area contributed by atoms with E-state index in [-0.39, 0.29) is 18.9 Å². The number of amides is 1. The molecule has 12 atom stereocenters. The van der Waals surface area contributed by atoms with Crippen molar-refractivity contribution in [1.82, 2.24) is 5.32 Å². The van der Waals surface area contributed by atoms with Crippen molar-refractivity contribution in [2.75, 3.05) is 19.8 Å². The van der Waals surface area contributed by atoms with E-state index >= 15 is 0 Å². The van der Waals surface area contributed by atoms with Gasteiger partial charge in [0.15, 0.2) is 12.6 Å². The molecule has 2 saturated heterocycles. The third-order valence-corrected chi connectivity index (χ3v) is 16.2. The number of ether oxygens (including phenoxy) is 4. The van der Waals surface area contributed by atoms with Crippen LogP contribution in [0, 0.1) is 0 Å². The molecule has 1 amide bonds. The minimum absolute atomic E-state index is 0.257. The van der Waals surface area contributed by atoms with Crippen molar-refractivity contribution < 1.29 is 64.6 Å². The van der Waals surface area contributed by atoms with Gasteiger partial charge in [-0.15, -0.1) is 0 Å². The Bertz CT molecular complexity index is 1810. The quantitative estimate of drug-likeness (QED) is 0.0204. The maximum absolute atomic E-state index is 13.3. The molecule has 2 rings (SSSR count). The van der Waals surface area contributed by atoms with Crippen molar-refractivity contribution in [2.24, 2.45) is 0 Å². The Morgan fingerprint density at radius 2 is 0.814 bits per heavy atom. The molecule has 2 heterocycles. The first-order chi connectivity index (χ1) is 42.1. The van der Waals surface area contributed by atoms with Crippen LogP contribution in [-0.4, -0.2) is 140 Å². The van der Waals surface area contributed by atoms with E-state index in [2.05, 4.69) is 104 Å². The van der Waals surface area contributed by atoms with Crippen LogP contribution in [0.25, 0.3) is 0 Å². The van der Waals surface area contributed by atoms with E-state index in [9.17, 15) is 45.6 Å². The van der Waals surface area contributed by atoms with Crippen molar-refractivity contribution in [1.29, 1.82) is 0 Å². The summed E-state index contributed by atoms with van der Waals surface area (Å²) in [6.45, 7) is 2.67. The predicted octanol–water partition coefficient (Wildman–Crippen LogP) is 13.8. The summed E-state index contributed by atoms with van der Waals surface area (Å²) in [6, 6.07) is -0.949. The average molecular weight is 1210 g/mol. The van der Waals surface area contributed by atoms with E-state index in [1.807, 2.05) is 6.08 Å². The van der Waals surface area contributed by atoms with Crippen molar-refractivity contribution in [3.8, 4) is 0 Å². The van der Waals surface area contributed by atoms with Crippen molar-refractivity contribution in [3.05, 3.63) is 97.2 Å². The summed E-state index contributed by atoms with van der Waals surface area (Å²) in [4.78, 5) is 13.3. The number of aliphatic hydroxyl groups excluding tert-OH is 8. The van der Waals surface area contributed by atoms with Gasteiger partial charge in [-0.2, -0.15) is 0 Å². The van der Waals surface area contributed by atoms with Gasteiger partial charge in [-0.05, 0) is 89.9 Å². The fourth-order valence-electron chi connectivity index (χ4n) is 10.8. The smallest absolute Gasteiger partial charge is 0.220 e. The number of hydrogen-bond donors (Lipinski definition) is 9. The van der Waals surface area contributed by atoms with Crippen LogP contribution in [-0.2, 0) is 23.7 Å². The zero-order valence-electron chi connectivity index (χ0n) is 53.8. The van der Waals surface area contributed by atoms with Gasteiger partial charge in [0.25, 0.3) is 0 Å². The minimum Gasteiger partial charge on any atom is -0.394 e. The molecule has 0 radical (unpaired) electrons. The molecule has 2 aliphatic rings. The Kier molecular flexibility index (Phi) is 51.4. The zero-order chi connectivity index (χ0) is 62.3. The summed E-state index contributed by atoms with van der Waals surface area (Å²) in [5.41, 5.74) is 0. The van der Waals surface area contributed by atoms with Gasteiger partial charge in [-0.1, -0.05) is 259 Å². The van der Waals surface area contributed by atoms with Gasteiger partial charge in [0.05, 0.1) is 32.0 Å². The van der Waals surface area contributed by atoms with Crippen LogP contribution in [0.2, 0.25) is 0 Å².